The number of nitrogens with zero attached hydrogens (tertiary/aromatic N) is 4. The maximum absolute atomic E-state index is 12.7. The molecule has 1 aliphatic heterocycles. The number of rotatable bonds is 41. The summed E-state index contributed by atoms with van der Waals surface area (Å²) >= 11 is 0.980. The third kappa shape index (κ3) is 28.8. The monoisotopic (exact) mass is 1200 g/mol. The number of hydrogen-bond acceptors (Lipinski definition) is 23. The Hall–Kier alpha value is -4.04. The highest BCUT2D eigenvalue weighted by atomic mass is 32.2. The number of nitrogens with two attached hydrogens (primary N) is 1. The number of aliphatic hydroxyl groups is 3. The van der Waals surface area contributed by atoms with E-state index in [1.165, 1.54) is 13.8 Å². The van der Waals surface area contributed by atoms with Crippen LogP contribution in [0.1, 0.15) is 130 Å². The predicted molar refractivity (Wildman–Crippen MR) is 294 cm³/mol. The maximum atomic E-state index is 12.7. The predicted octanol–water partition coefficient (Wildman–Crippen LogP) is 4.71. The Bertz CT molecular complexity index is 2540. The van der Waals surface area contributed by atoms with Crippen LogP contribution in [0.15, 0.2) is 85.6 Å². The number of thioether (sulfide) groups is 1. The largest absolute Gasteiger partial charge is 0.790 e. The van der Waals surface area contributed by atoms with E-state index in [4.69, 9.17) is 10.5 Å². The zero-order valence-corrected chi connectivity index (χ0v) is 49.0. The lowest BCUT2D eigenvalue weighted by Crippen LogP contribution is -2.46. The molecule has 0 radical (unpaired) electrons. The average molecular weight is 1200 g/mol. The van der Waals surface area contributed by atoms with Gasteiger partial charge in [-0.15, -0.1) is 0 Å². The molecule has 25 nitrogen and oxygen atoms in total. The van der Waals surface area contributed by atoms with Gasteiger partial charge < -0.3 is 74.1 Å². The molecule has 29 heteroatoms. The number of phosphoric acid groups is 3. The molecule has 1 saturated heterocycles. The molecule has 1 fully saturated rings. The Morgan fingerprint density at radius 1 is 0.812 bits per heavy atom. The molecular weight excluding hydrogens is 1120 g/mol. The summed E-state index contributed by atoms with van der Waals surface area (Å²) in [5, 5.41) is 36.6. The summed E-state index contributed by atoms with van der Waals surface area (Å²) in [6.45, 7) is 2.11. The van der Waals surface area contributed by atoms with Gasteiger partial charge in [-0.3, -0.25) is 28.1 Å². The number of amides is 2. The van der Waals surface area contributed by atoms with Crippen molar-refractivity contribution in [3.05, 3.63) is 85.6 Å². The van der Waals surface area contributed by atoms with E-state index < -0.39 is 90.7 Å². The fourth-order valence-electron chi connectivity index (χ4n) is 7.61. The molecule has 0 aliphatic carbocycles. The molecule has 7 N–H and O–H groups in total. The van der Waals surface area contributed by atoms with Crippen LogP contribution in [0.2, 0.25) is 0 Å². The van der Waals surface area contributed by atoms with E-state index in [0.29, 0.717) is 6.42 Å². The van der Waals surface area contributed by atoms with Crippen LogP contribution in [0.3, 0.4) is 0 Å². The number of imidazole rings is 1. The molecule has 2 amide bonds. The van der Waals surface area contributed by atoms with E-state index in [0.717, 1.165) is 112 Å². The van der Waals surface area contributed by atoms with E-state index in [2.05, 4.69) is 123 Å². The number of carbonyl (C=O) groups excluding carboxylic acids is 3. The summed E-state index contributed by atoms with van der Waals surface area (Å²) in [5.74, 6) is -1.35. The number of phosphoric ester groups is 3. The highest BCUT2D eigenvalue weighted by Gasteiger charge is 2.47. The Morgan fingerprint density at radius 3 is 2.00 bits per heavy atom. The number of aliphatic hydroxyl groups excluding tert-OH is 3. The number of nitrogen functional groups attached to an aromatic ring is 1. The van der Waals surface area contributed by atoms with Gasteiger partial charge in [0, 0.05) is 37.1 Å². The molecule has 0 bridgehead atoms. The smallest absolute Gasteiger partial charge is 0.274 e. The molecule has 450 valence electrons. The first kappa shape index (κ1) is 70.2. The van der Waals surface area contributed by atoms with Crippen molar-refractivity contribution in [1.82, 2.24) is 30.2 Å². The van der Waals surface area contributed by atoms with Crippen LogP contribution in [0.5, 0.6) is 0 Å². The van der Waals surface area contributed by atoms with E-state index >= 15 is 0 Å². The van der Waals surface area contributed by atoms with Gasteiger partial charge >= 0.3 is 0 Å². The molecule has 1 aliphatic rings. The van der Waals surface area contributed by atoms with E-state index in [-0.39, 0.29) is 53.8 Å². The van der Waals surface area contributed by atoms with Crippen LogP contribution >= 0.6 is 35.2 Å². The van der Waals surface area contributed by atoms with E-state index in [9.17, 15) is 63.0 Å². The standard InChI is InChI=1S/C51H82N7O18P3S/c1-4-5-6-7-8-9-10-11-12-13-14-15-16-17-18-19-20-21-22-23-24-25-26-27-28-29-39(59)34-42(61)80-33-32-53-41(60)30-31-54-49(64)46(63)51(2,3)36-73-79(70,71)76-78(68,69)72-35-40-45(75-77(65,66)67)44(62)50(74-40)58-38-57-43-47(52)55-37-56-48(43)58/h5-6,8-9,11-12,14-15,17-18,20-21,37-40,44-46,50,59,62-63H,4,7,10,13,16,19,22-36H2,1-3H3,(H,53,60)(H,54,64)(H,68,69)(H,70,71)(H2,52,55,56)(H2,65,66,67)/p-4. The highest BCUT2D eigenvalue weighted by Crippen LogP contribution is 2.56. The first-order valence-electron chi connectivity index (χ1n) is 26.5. The zero-order chi connectivity index (χ0) is 59.0. The first-order chi connectivity index (χ1) is 37.9. The summed E-state index contributed by atoms with van der Waals surface area (Å²) < 4.78 is 60.9. The average Bonchev–Trinajstić information content (AvgIpc) is 3.95. The number of anilines is 1. The zero-order valence-electron chi connectivity index (χ0n) is 45.5. The normalized spacial score (nSPS) is 19.8. The highest BCUT2D eigenvalue weighted by molar-refractivity contribution is 8.13. The molecule has 0 saturated carbocycles. The van der Waals surface area contributed by atoms with E-state index in [1.54, 1.807) is 0 Å². The van der Waals surface area contributed by atoms with Crippen molar-refractivity contribution in [3.8, 4) is 0 Å². The van der Waals surface area contributed by atoms with Gasteiger partial charge in [-0.05, 0) is 57.8 Å². The van der Waals surface area contributed by atoms with Crippen LogP contribution in [0.4, 0.5) is 5.82 Å². The van der Waals surface area contributed by atoms with Crippen molar-refractivity contribution in [2.45, 2.75) is 160 Å². The molecule has 2 aromatic rings. The van der Waals surface area contributed by atoms with Crippen LogP contribution < -0.4 is 35.9 Å². The van der Waals surface area contributed by atoms with Crippen LogP contribution in [0, 0.1) is 5.41 Å². The van der Waals surface area contributed by atoms with Gasteiger partial charge in [-0.2, -0.15) is 0 Å². The first-order valence-corrected chi connectivity index (χ1v) is 31.9. The summed E-state index contributed by atoms with van der Waals surface area (Å²) in [6.07, 6.45) is 31.6. The molecule has 3 rings (SSSR count). The van der Waals surface area contributed by atoms with Gasteiger partial charge in [-0.25, -0.2) is 19.3 Å². The second-order valence-electron chi connectivity index (χ2n) is 19.2. The molecule has 8 unspecified atom stereocenters. The molecule has 8 atom stereocenters. The Balaban J connectivity index is 1.21. The summed E-state index contributed by atoms with van der Waals surface area (Å²) in [6, 6.07) is 0. The SMILES string of the molecule is CCC=CCC=CCC=CCC=CCC=CCC=CCCCCCCCCC(O)CC(=O)SCCNC(=O)CCNC(=O)C(O)C(C)(C)COP(=O)([O-])OP(=O)([O-])OCC1OC(n2cnc3c(N)ncnc32)C(O)C1OP(=O)([O-])[O-]. The molecule has 2 aromatic heterocycles. The summed E-state index contributed by atoms with van der Waals surface area (Å²) in [7, 11) is -17.7. The molecule has 0 aromatic carbocycles. The van der Waals surface area contributed by atoms with Crippen LogP contribution in [-0.4, -0.2) is 114 Å². The number of unbranched alkanes of at least 4 members (excludes halogenated alkanes) is 6. The molecular formula is C51H78N7O18P3S-4. The topological polar surface area (TPSA) is 395 Å². The Labute approximate surface area is 472 Å². The number of fused-ring (bicyclic) bond motifs is 1. The summed E-state index contributed by atoms with van der Waals surface area (Å²) in [5.41, 5.74) is 4.06. The van der Waals surface area contributed by atoms with Crippen molar-refractivity contribution in [2.75, 3.05) is 37.8 Å². The third-order valence-corrected chi connectivity index (χ3v) is 15.8. The fourth-order valence-corrected chi connectivity index (χ4v) is 11.1. The van der Waals surface area contributed by atoms with Crippen molar-refractivity contribution in [3.63, 3.8) is 0 Å². The number of nitrogens with one attached hydrogen (secondary N) is 2. The number of hydrogen-bond donors (Lipinski definition) is 6. The number of allylic oxidation sites excluding steroid dienone is 12. The van der Waals surface area contributed by atoms with Gasteiger partial charge in [0.2, 0.25) is 11.8 Å². The lowest BCUT2D eigenvalue weighted by atomic mass is 9.87. The minimum atomic E-state index is -5.94. The van der Waals surface area contributed by atoms with Gasteiger partial charge in [0.15, 0.2) is 22.8 Å². The molecule has 80 heavy (non-hydrogen) atoms. The second-order valence-corrected chi connectivity index (χ2v) is 24.4. The van der Waals surface area contributed by atoms with Crippen molar-refractivity contribution < 1.29 is 85.6 Å². The molecule has 3 heterocycles. The number of carbonyl (C=O) groups is 3. The minimum absolute atomic E-state index is 0.00303. The Kier molecular flexibility index (Phi) is 32.7. The van der Waals surface area contributed by atoms with Gasteiger partial charge in [-0.1, -0.05) is 138 Å². The van der Waals surface area contributed by atoms with Gasteiger partial charge in [0.05, 0.1) is 33.5 Å². The third-order valence-electron chi connectivity index (χ3n) is 11.9. The van der Waals surface area contributed by atoms with Crippen LogP contribution in [-0.2, 0) is 50.7 Å². The maximum Gasteiger partial charge on any atom is 0.274 e. The Morgan fingerprint density at radius 2 is 1.39 bits per heavy atom. The van der Waals surface area contributed by atoms with Crippen LogP contribution in [0.25, 0.3) is 11.2 Å². The van der Waals surface area contributed by atoms with Gasteiger partial charge in [0.1, 0.15) is 36.3 Å². The van der Waals surface area contributed by atoms with Gasteiger partial charge in [0.25, 0.3) is 15.6 Å². The summed E-state index contributed by atoms with van der Waals surface area (Å²) in [4.78, 5) is 97.3. The lowest BCUT2D eigenvalue weighted by Gasteiger charge is -2.36. The quantitative estimate of drug-likeness (QED) is 0.0298. The van der Waals surface area contributed by atoms with Crippen molar-refractivity contribution in [2.24, 2.45) is 5.41 Å². The molecule has 0 spiro atoms. The van der Waals surface area contributed by atoms with E-state index in [1.807, 2.05) is 0 Å². The van der Waals surface area contributed by atoms with Crippen molar-refractivity contribution in [1.29, 1.82) is 0 Å². The van der Waals surface area contributed by atoms with Crippen molar-refractivity contribution >= 4 is 69.1 Å². The number of aromatic nitrogens is 4. The second kappa shape index (κ2) is 37.2. The number of ether oxygens (including phenoxy) is 1. The lowest BCUT2D eigenvalue weighted by molar-refractivity contribution is -0.347. The minimum Gasteiger partial charge on any atom is -0.790 e. The fraction of sp³-hybridized carbons (Fsp3) is 0.608.